The average Bonchev–Trinajstić information content (AvgIpc) is 3.38. The number of carbonyl (C=O) groups is 1. The third-order valence-corrected chi connectivity index (χ3v) is 8.23. The van der Waals surface area contributed by atoms with Gasteiger partial charge in [-0.1, -0.05) is 20.3 Å². The lowest BCUT2D eigenvalue weighted by Gasteiger charge is -2.40. The number of hydrogen-bond acceptors (Lipinski definition) is 8. The van der Waals surface area contributed by atoms with Gasteiger partial charge in [-0.2, -0.15) is 9.36 Å². The van der Waals surface area contributed by atoms with E-state index in [0.29, 0.717) is 18.0 Å². The topological polar surface area (TPSA) is 77.5 Å². The first-order chi connectivity index (χ1) is 16.4. The van der Waals surface area contributed by atoms with Gasteiger partial charge in [-0.05, 0) is 55.6 Å². The van der Waals surface area contributed by atoms with E-state index in [-0.39, 0.29) is 5.91 Å². The van der Waals surface area contributed by atoms with Crippen molar-refractivity contribution in [2.24, 2.45) is 17.8 Å². The van der Waals surface area contributed by atoms with Gasteiger partial charge in [0.25, 0.3) is 5.91 Å². The van der Waals surface area contributed by atoms with Crippen LogP contribution in [0.4, 0.5) is 16.9 Å². The number of hydrogen-bond donors (Lipinski definition) is 1. The fourth-order valence-electron chi connectivity index (χ4n) is 4.90. The molecule has 0 bridgehead atoms. The number of nitrogens with zero attached hydrogens (tertiary/aromatic N) is 6. The summed E-state index contributed by atoms with van der Waals surface area (Å²) in [4.78, 5) is 28.4. The molecule has 2 aliphatic heterocycles. The van der Waals surface area contributed by atoms with Gasteiger partial charge in [-0.3, -0.25) is 4.79 Å². The van der Waals surface area contributed by atoms with Crippen molar-refractivity contribution < 1.29 is 4.79 Å². The molecule has 4 rings (SSSR count). The molecule has 0 radical (unpaired) electrons. The zero-order chi connectivity index (χ0) is 24.1. The van der Waals surface area contributed by atoms with Gasteiger partial charge in [0.2, 0.25) is 11.1 Å². The van der Waals surface area contributed by atoms with Crippen molar-refractivity contribution in [1.29, 1.82) is 0 Å². The molecule has 1 amide bonds. The van der Waals surface area contributed by atoms with E-state index in [4.69, 9.17) is 0 Å². The Hall–Kier alpha value is -2.42. The summed E-state index contributed by atoms with van der Waals surface area (Å²) in [6.07, 6.45) is 7.69. The smallest absolute Gasteiger partial charge is 0.252 e. The van der Waals surface area contributed by atoms with E-state index in [9.17, 15) is 4.79 Å². The highest BCUT2D eigenvalue weighted by Crippen LogP contribution is 2.35. The number of piperidine rings is 2. The summed E-state index contributed by atoms with van der Waals surface area (Å²) in [5.74, 6) is 3.84. The molecule has 1 N–H and O–H groups in total. The van der Waals surface area contributed by atoms with Gasteiger partial charge in [0, 0.05) is 64.5 Å². The molecule has 0 saturated carbocycles. The SMILES string of the molecule is CCC(C)CNC(=O)c1ccc(N2CCC(C3CCN(c4nc(N(C)C)ns4)CC3)CC2)nc1. The Morgan fingerprint density at radius 1 is 1.12 bits per heavy atom. The molecule has 4 heterocycles. The quantitative estimate of drug-likeness (QED) is 0.607. The van der Waals surface area contributed by atoms with E-state index < -0.39 is 0 Å². The van der Waals surface area contributed by atoms with E-state index in [0.717, 1.165) is 61.3 Å². The number of carbonyl (C=O) groups excluding carboxylic acids is 1. The van der Waals surface area contributed by atoms with Crippen molar-refractivity contribution in [3.63, 3.8) is 0 Å². The zero-order valence-corrected chi connectivity index (χ0v) is 21.9. The maximum Gasteiger partial charge on any atom is 0.252 e. The van der Waals surface area contributed by atoms with Gasteiger partial charge in [-0.15, -0.1) is 0 Å². The lowest BCUT2D eigenvalue weighted by Crippen LogP contribution is -2.41. The van der Waals surface area contributed by atoms with E-state index in [2.05, 4.69) is 43.3 Å². The molecule has 2 fully saturated rings. The summed E-state index contributed by atoms with van der Waals surface area (Å²) in [6, 6.07) is 3.91. The lowest BCUT2D eigenvalue weighted by molar-refractivity contribution is 0.0947. The zero-order valence-electron chi connectivity index (χ0n) is 21.0. The van der Waals surface area contributed by atoms with E-state index in [1.807, 2.05) is 31.1 Å². The van der Waals surface area contributed by atoms with Crippen molar-refractivity contribution in [3.05, 3.63) is 23.9 Å². The third kappa shape index (κ3) is 5.98. The van der Waals surface area contributed by atoms with E-state index in [1.54, 1.807) is 6.20 Å². The Balaban J connectivity index is 1.22. The van der Waals surface area contributed by atoms with Crippen LogP contribution in [0.1, 0.15) is 56.3 Å². The molecule has 1 atom stereocenters. The standard InChI is InChI=1S/C25H39N7OS/c1-5-18(2)16-27-23(33)21-6-7-22(26-17-21)31-12-8-19(9-13-31)20-10-14-32(15-11-20)25-28-24(29-34-25)30(3)4/h6-7,17-20H,5,8-16H2,1-4H3,(H,27,33). The molecule has 0 spiro atoms. The number of amides is 1. The minimum Gasteiger partial charge on any atom is -0.357 e. The van der Waals surface area contributed by atoms with E-state index >= 15 is 0 Å². The van der Waals surface area contributed by atoms with Crippen LogP contribution >= 0.6 is 11.5 Å². The average molecular weight is 486 g/mol. The van der Waals surface area contributed by atoms with Gasteiger partial charge in [0.05, 0.1) is 5.56 Å². The summed E-state index contributed by atoms with van der Waals surface area (Å²) >= 11 is 1.51. The van der Waals surface area contributed by atoms with E-state index in [1.165, 1.54) is 37.2 Å². The Kier molecular flexibility index (Phi) is 8.24. The number of aromatic nitrogens is 3. The molecule has 2 aromatic heterocycles. The predicted molar refractivity (Wildman–Crippen MR) is 140 cm³/mol. The number of anilines is 3. The molecule has 0 aliphatic carbocycles. The Morgan fingerprint density at radius 2 is 1.76 bits per heavy atom. The monoisotopic (exact) mass is 485 g/mol. The second-order valence-electron chi connectivity index (χ2n) is 10.0. The fourth-order valence-corrected chi connectivity index (χ4v) is 5.69. The Morgan fingerprint density at radius 3 is 2.29 bits per heavy atom. The molecule has 2 aromatic rings. The van der Waals surface area contributed by atoms with Crippen molar-refractivity contribution in [2.75, 3.05) is 61.5 Å². The maximum absolute atomic E-state index is 12.3. The molecular formula is C25H39N7OS. The highest BCUT2D eigenvalue weighted by Gasteiger charge is 2.31. The highest BCUT2D eigenvalue weighted by molar-refractivity contribution is 7.09. The number of pyridine rings is 1. The molecule has 9 heteroatoms. The van der Waals surface area contributed by atoms with Gasteiger partial charge in [0.1, 0.15) is 5.82 Å². The van der Waals surface area contributed by atoms with Gasteiger partial charge in [-0.25, -0.2) is 4.98 Å². The van der Waals surface area contributed by atoms with Crippen LogP contribution in [0.25, 0.3) is 0 Å². The molecule has 1 unspecified atom stereocenters. The van der Waals surface area contributed by atoms with Crippen LogP contribution in [0, 0.1) is 17.8 Å². The maximum atomic E-state index is 12.3. The summed E-state index contributed by atoms with van der Waals surface area (Å²) in [5, 5.41) is 4.06. The molecule has 8 nitrogen and oxygen atoms in total. The normalized spacial score (nSPS) is 18.7. The summed E-state index contributed by atoms with van der Waals surface area (Å²) < 4.78 is 4.45. The van der Waals surface area contributed by atoms with Gasteiger partial charge >= 0.3 is 0 Å². The second-order valence-corrected chi connectivity index (χ2v) is 10.8. The lowest BCUT2D eigenvalue weighted by atomic mass is 9.79. The first-order valence-electron chi connectivity index (χ1n) is 12.7. The summed E-state index contributed by atoms with van der Waals surface area (Å²) in [6.45, 7) is 9.24. The number of rotatable bonds is 8. The number of nitrogens with one attached hydrogen (secondary N) is 1. The third-order valence-electron chi connectivity index (χ3n) is 7.46. The van der Waals surface area contributed by atoms with Crippen LogP contribution in [0.2, 0.25) is 0 Å². The molecular weight excluding hydrogens is 446 g/mol. The minimum absolute atomic E-state index is 0.0316. The van der Waals surface area contributed by atoms with Crippen LogP contribution in [-0.4, -0.2) is 67.1 Å². The first kappa shape index (κ1) is 24.7. The Bertz CT molecular complexity index is 916. The summed E-state index contributed by atoms with van der Waals surface area (Å²) in [5.41, 5.74) is 0.641. The first-order valence-corrected chi connectivity index (χ1v) is 13.5. The van der Waals surface area contributed by atoms with Crippen LogP contribution in [0.15, 0.2) is 18.3 Å². The van der Waals surface area contributed by atoms with Gasteiger partial charge in [0.15, 0.2) is 0 Å². The predicted octanol–water partition coefficient (Wildman–Crippen LogP) is 3.91. The van der Waals surface area contributed by atoms with Gasteiger partial charge < -0.3 is 20.0 Å². The van der Waals surface area contributed by atoms with Crippen molar-refractivity contribution in [2.45, 2.75) is 46.0 Å². The van der Waals surface area contributed by atoms with Crippen LogP contribution < -0.4 is 20.0 Å². The Labute approximate surface area is 207 Å². The van der Waals surface area contributed by atoms with Crippen LogP contribution in [0.5, 0.6) is 0 Å². The van der Waals surface area contributed by atoms with Crippen LogP contribution in [0.3, 0.4) is 0 Å². The highest BCUT2D eigenvalue weighted by atomic mass is 32.1. The largest absolute Gasteiger partial charge is 0.357 e. The van der Waals surface area contributed by atoms with Crippen LogP contribution in [-0.2, 0) is 0 Å². The molecule has 186 valence electrons. The molecule has 0 aromatic carbocycles. The molecule has 34 heavy (non-hydrogen) atoms. The van der Waals surface area contributed by atoms with Crippen molar-refractivity contribution >= 4 is 34.3 Å². The molecule has 2 saturated heterocycles. The van der Waals surface area contributed by atoms with Crippen molar-refractivity contribution in [1.82, 2.24) is 19.7 Å². The minimum atomic E-state index is -0.0316. The molecule has 2 aliphatic rings. The summed E-state index contributed by atoms with van der Waals surface area (Å²) in [7, 11) is 3.97. The van der Waals surface area contributed by atoms with Crippen molar-refractivity contribution in [3.8, 4) is 0 Å². The second kappa shape index (κ2) is 11.3. The fraction of sp³-hybridized carbons (Fsp3) is 0.680.